The number of carboxylic acid groups (broad SMARTS) is 1. The third-order valence-electron chi connectivity index (χ3n) is 4.21. The lowest BCUT2D eigenvalue weighted by Gasteiger charge is -2.11. The summed E-state index contributed by atoms with van der Waals surface area (Å²) in [5.74, 6) is -0.00130. The molecule has 0 aliphatic carbocycles. The Labute approximate surface area is 147 Å². The van der Waals surface area contributed by atoms with Crippen molar-refractivity contribution >= 4 is 5.97 Å². The van der Waals surface area contributed by atoms with Crippen LogP contribution in [0.3, 0.4) is 0 Å². The Bertz CT molecular complexity index is 839. The zero-order chi connectivity index (χ0) is 17.6. The van der Waals surface area contributed by atoms with Gasteiger partial charge >= 0.3 is 5.97 Å². The van der Waals surface area contributed by atoms with Gasteiger partial charge in [0.15, 0.2) is 0 Å². The minimum atomic E-state index is -0.838. The van der Waals surface area contributed by atoms with E-state index in [1.54, 1.807) is 0 Å². The molecule has 0 bridgehead atoms. The van der Waals surface area contributed by atoms with Crippen LogP contribution in [0.15, 0.2) is 60.7 Å². The number of hydrogen-bond acceptors (Lipinski definition) is 2. The lowest BCUT2D eigenvalue weighted by Crippen LogP contribution is -2.10. The van der Waals surface area contributed by atoms with E-state index < -0.39 is 5.97 Å². The van der Waals surface area contributed by atoms with Gasteiger partial charge in [-0.3, -0.25) is 4.79 Å². The Hall–Kier alpha value is -2.88. The largest absolute Gasteiger partial charge is 0.481 e. The van der Waals surface area contributed by atoms with Gasteiger partial charge in [0.05, 0.1) is 17.8 Å². The van der Waals surface area contributed by atoms with Crippen molar-refractivity contribution in [1.29, 1.82) is 0 Å². The molecular formula is C21H22N2O2. The fourth-order valence-electron chi connectivity index (χ4n) is 3.00. The molecule has 128 valence electrons. The number of imidazole rings is 1. The van der Waals surface area contributed by atoms with Gasteiger partial charge in [-0.05, 0) is 6.42 Å². The monoisotopic (exact) mass is 334 g/mol. The molecule has 0 saturated carbocycles. The summed E-state index contributed by atoms with van der Waals surface area (Å²) in [5.41, 5.74) is 3.49. The van der Waals surface area contributed by atoms with Gasteiger partial charge in [-0.1, -0.05) is 74.0 Å². The molecule has 4 heteroatoms. The van der Waals surface area contributed by atoms with Crippen molar-refractivity contribution < 1.29 is 9.90 Å². The molecule has 0 spiro atoms. The molecule has 1 heterocycles. The van der Waals surface area contributed by atoms with Crippen LogP contribution in [0, 0.1) is 0 Å². The van der Waals surface area contributed by atoms with E-state index in [-0.39, 0.29) is 6.42 Å². The van der Waals surface area contributed by atoms with Crippen LogP contribution in [0.25, 0.3) is 22.6 Å². The molecule has 4 nitrogen and oxygen atoms in total. The van der Waals surface area contributed by atoms with E-state index in [0.29, 0.717) is 0 Å². The van der Waals surface area contributed by atoms with E-state index in [0.717, 1.165) is 47.7 Å². The number of rotatable bonds is 7. The summed E-state index contributed by atoms with van der Waals surface area (Å²) in [6, 6.07) is 19.8. The van der Waals surface area contributed by atoms with Gasteiger partial charge in [-0.25, -0.2) is 4.98 Å². The SMILES string of the molecule is CCCCn1c(-c2ccccc2)nc(-c2ccccc2)c1CC(=O)O. The first kappa shape index (κ1) is 17.0. The summed E-state index contributed by atoms with van der Waals surface area (Å²) in [6.45, 7) is 2.90. The predicted molar refractivity (Wildman–Crippen MR) is 99.3 cm³/mol. The molecule has 2 aromatic carbocycles. The Balaban J connectivity index is 2.20. The smallest absolute Gasteiger partial charge is 0.309 e. The zero-order valence-electron chi connectivity index (χ0n) is 14.4. The Morgan fingerprint density at radius 3 is 2.16 bits per heavy atom. The van der Waals surface area contributed by atoms with E-state index in [1.807, 2.05) is 60.7 Å². The second-order valence-corrected chi connectivity index (χ2v) is 6.04. The summed E-state index contributed by atoms with van der Waals surface area (Å²) in [6.07, 6.45) is 1.99. The second kappa shape index (κ2) is 7.79. The average molecular weight is 334 g/mol. The number of carboxylic acids is 1. The third-order valence-corrected chi connectivity index (χ3v) is 4.21. The van der Waals surface area contributed by atoms with E-state index in [1.165, 1.54) is 0 Å². The highest BCUT2D eigenvalue weighted by Crippen LogP contribution is 2.30. The summed E-state index contributed by atoms with van der Waals surface area (Å²) in [7, 11) is 0. The van der Waals surface area contributed by atoms with Crippen molar-refractivity contribution in [2.45, 2.75) is 32.7 Å². The number of aromatic nitrogens is 2. The maximum absolute atomic E-state index is 11.5. The maximum Gasteiger partial charge on any atom is 0.309 e. The van der Waals surface area contributed by atoms with Gasteiger partial charge in [0.2, 0.25) is 0 Å². The first-order chi connectivity index (χ1) is 12.2. The molecule has 0 fully saturated rings. The van der Waals surface area contributed by atoms with Gasteiger partial charge in [-0.2, -0.15) is 0 Å². The molecule has 0 aliphatic heterocycles. The van der Waals surface area contributed by atoms with Gasteiger partial charge in [0, 0.05) is 17.7 Å². The Kier molecular flexibility index (Phi) is 5.29. The summed E-state index contributed by atoms with van der Waals surface area (Å²) >= 11 is 0. The molecule has 0 aliphatic rings. The number of nitrogens with zero attached hydrogens (tertiary/aromatic N) is 2. The number of unbranched alkanes of at least 4 members (excludes halogenated alkanes) is 1. The van der Waals surface area contributed by atoms with Crippen molar-refractivity contribution in [2.24, 2.45) is 0 Å². The highest BCUT2D eigenvalue weighted by atomic mass is 16.4. The molecule has 3 aromatic rings. The van der Waals surface area contributed by atoms with Crippen molar-refractivity contribution in [3.05, 3.63) is 66.4 Å². The minimum absolute atomic E-state index is 0.0340. The van der Waals surface area contributed by atoms with Gasteiger partial charge in [0.25, 0.3) is 0 Å². The minimum Gasteiger partial charge on any atom is -0.481 e. The van der Waals surface area contributed by atoms with Crippen molar-refractivity contribution in [3.8, 4) is 22.6 Å². The highest BCUT2D eigenvalue weighted by molar-refractivity contribution is 5.76. The standard InChI is InChI=1S/C21H22N2O2/c1-2-3-14-23-18(15-19(24)25)20(16-10-6-4-7-11-16)22-21(23)17-12-8-5-9-13-17/h4-13H,2-3,14-15H2,1H3,(H,24,25). The van der Waals surface area contributed by atoms with E-state index in [2.05, 4.69) is 11.5 Å². The van der Waals surface area contributed by atoms with Crippen LogP contribution in [-0.4, -0.2) is 20.6 Å². The number of carbonyl (C=O) groups is 1. The second-order valence-electron chi connectivity index (χ2n) is 6.04. The number of benzene rings is 2. The van der Waals surface area contributed by atoms with Crippen LogP contribution < -0.4 is 0 Å². The maximum atomic E-state index is 11.5. The van der Waals surface area contributed by atoms with Crippen molar-refractivity contribution in [1.82, 2.24) is 9.55 Å². The number of aliphatic carboxylic acids is 1. The van der Waals surface area contributed by atoms with E-state index in [9.17, 15) is 9.90 Å². The first-order valence-electron chi connectivity index (χ1n) is 8.62. The lowest BCUT2D eigenvalue weighted by molar-refractivity contribution is -0.136. The first-order valence-corrected chi connectivity index (χ1v) is 8.62. The highest BCUT2D eigenvalue weighted by Gasteiger charge is 2.21. The van der Waals surface area contributed by atoms with Gasteiger partial charge in [0.1, 0.15) is 5.82 Å². The van der Waals surface area contributed by atoms with Gasteiger partial charge in [-0.15, -0.1) is 0 Å². The Morgan fingerprint density at radius 1 is 1.00 bits per heavy atom. The van der Waals surface area contributed by atoms with E-state index >= 15 is 0 Å². The quantitative estimate of drug-likeness (QED) is 0.684. The number of hydrogen-bond donors (Lipinski definition) is 1. The summed E-state index contributed by atoms with van der Waals surface area (Å²) in [4.78, 5) is 16.3. The van der Waals surface area contributed by atoms with Crippen LogP contribution in [0.2, 0.25) is 0 Å². The fourth-order valence-corrected chi connectivity index (χ4v) is 3.00. The average Bonchev–Trinajstić information content (AvgIpc) is 2.99. The predicted octanol–water partition coefficient (Wildman–Crippen LogP) is 4.64. The fraction of sp³-hybridized carbons (Fsp3) is 0.238. The van der Waals surface area contributed by atoms with Crippen molar-refractivity contribution in [3.63, 3.8) is 0 Å². The zero-order valence-corrected chi connectivity index (χ0v) is 14.4. The molecule has 0 unspecified atom stereocenters. The topological polar surface area (TPSA) is 55.1 Å². The molecule has 25 heavy (non-hydrogen) atoms. The van der Waals surface area contributed by atoms with E-state index in [4.69, 9.17) is 4.98 Å². The molecule has 0 amide bonds. The normalized spacial score (nSPS) is 10.8. The molecule has 1 aromatic heterocycles. The van der Waals surface area contributed by atoms with Gasteiger partial charge < -0.3 is 9.67 Å². The molecular weight excluding hydrogens is 312 g/mol. The molecule has 3 rings (SSSR count). The molecule has 0 saturated heterocycles. The Morgan fingerprint density at radius 2 is 1.60 bits per heavy atom. The van der Waals surface area contributed by atoms with Crippen LogP contribution in [0.5, 0.6) is 0 Å². The summed E-state index contributed by atoms with van der Waals surface area (Å²) < 4.78 is 2.08. The molecule has 1 N–H and O–H groups in total. The molecule has 0 radical (unpaired) electrons. The van der Waals surface area contributed by atoms with Crippen LogP contribution in [-0.2, 0) is 17.8 Å². The molecule has 0 atom stereocenters. The lowest BCUT2D eigenvalue weighted by atomic mass is 10.1. The third kappa shape index (κ3) is 3.79. The van der Waals surface area contributed by atoms with Crippen LogP contribution >= 0.6 is 0 Å². The van der Waals surface area contributed by atoms with Crippen molar-refractivity contribution in [2.75, 3.05) is 0 Å². The van der Waals surface area contributed by atoms with Crippen LogP contribution in [0.1, 0.15) is 25.5 Å². The summed E-state index contributed by atoms with van der Waals surface area (Å²) in [5, 5.41) is 9.43. The van der Waals surface area contributed by atoms with Crippen LogP contribution in [0.4, 0.5) is 0 Å².